The Morgan fingerprint density at radius 2 is 0.900 bits per heavy atom. The second-order valence-corrected chi connectivity index (χ2v) is 13.3. The van der Waals surface area contributed by atoms with Gasteiger partial charge in [-0.05, 0) is 120 Å². The molecule has 0 bridgehead atoms. The lowest BCUT2D eigenvalue weighted by atomic mass is 9.88. The maximum atomic E-state index is 14.0. The van der Waals surface area contributed by atoms with E-state index in [0.29, 0.717) is 45.6 Å². The highest BCUT2D eigenvalue weighted by atomic mass is 16.4. The number of carboxylic acids is 2. The van der Waals surface area contributed by atoms with Gasteiger partial charge in [0.1, 0.15) is 0 Å². The summed E-state index contributed by atoms with van der Waals surface area (Å²) in [6, 6.07) is 2.67. The van der Waals surface area contributed by atoms with Crippen LogP contribution >= 0.6 is 0 Å². The van der Waals surface area contributed by atoms with E-state index in [1.165, 1.54) is 12.1 Å². The molecular weight excluding hydrogens is 644 g/mol. The first-order valence-corrected chi connectivity index (χ1v) is 16.9. The highest BCUT2D eigenvalue weighted by molar-refractivity contribution is 6.27. The summed E-state index contributed by atoms with van der Waals surface area (Å²) in [6.07, 6.45) is 2.75. The van der Waals surface area contributed by atoms with Gasteiger partial charge in [0, 0.05) is 42.6 Å². The largest absolute Gasteiger partial charge is 0.478 e. The number of benzene rings is 2. The van der Waals surface area contributed by atoms with Crippen molar-refractivity contribution in [2.75, 3.05) is 119 Å². The van der Waals surface area contributed by atoms with E-state index in [0.717, 1.165) is 32.5 Å². The first kappa shape index (κ1) is 42.1. The third-order valence-corrected chi connectivity index (χ3v) is 7.73. The van der Waals surface area contributed by atoms with Crippen molar-refractivity contribution in [2.45, 2.75) is 25.7 Å². The van der Waals surface area contributed by atoms with Crippen LogP contribution in [0.3, 0.4) is 0 Å². The van der Waals surface area contributed by atoms with E-state index in [1.54, 1.807) is 0 Å². The molecule has 2 aromatic rings. The van der Waals surface area contributed by atoms with Crippen molar-refractivity contribution in [1.29, 1.82) is 0 Å². The Labute approximate surface area is 295 Å². The summed E-state index contributed by atoms with van der Waals surface area (Å²) >= 11 is 0. The Morgan fingerprint density at radius 1 is 0.520 bits per heavy atom. The van der Waals surface area contributed by atoms with Gasteiger partial charge >= 0.3 is 11.9 Å². The summed E-state index contributed by atoms with van der Waals surface area (Å²) in [7, 11) is 15.5. The number of fused-ring (bicyclic) bond motifs is 1. The monoisotopic (exact) mass is 702 g/mol. The molecule has 8 N–H and O–H groups in total. The summed E-state index contributed by atoms with van der Waals surface area (Å²) in [5.41, 5.74) is 10.6. The van der Waals surface area contributed by atoms with Gasteiger partial charge < -0.3 is 40.4 Å². The molecule has 0 aliphatic carbocycles. The molecule has 0 atom stereocenters. The van der Waals surface area contributed by atoms with Gasteiger partial charge in [0.05, 0.1) is 27.9 Å². The lowest BCUT2D eigenvalue weighted by Crippen LogP contribution is -2.40. The Kier molecular flexibility index (Phi) is 17.9. The van der Waals surface area contributed by atoms with Gasteiger partial charge in [-0.15, -0.1) is 0 Å². The molecule has 16 heteroatoms. The molecule has 0 aromatic heterocycles. The fourth-order valence-electron chi connectivity index (χ4n) is 5.34. The number of nitrogens with one attached hydrogen (secondary N) is 6. The minimum Gasteiger partial charge on any atom is -0.478 e. The van der Waals surface area contributed by atoms with Crippen LogP contribution in [0.5, 0.6) is 0 Å². The number of amides is 2. The first-order chi connectivity index (χ1) is 23.6. The highest BCUT2D eigenvalue weighted by Crippen LogP contribution is 2.39. The van der Waals surface area contributed by atoms with Crippen LogP contribution in [0.25, 0.3) is 10.8 Å². The summed E-state index contributed by atoms with van der Waals surface area (Å²) < 4.78 is 0. The third-order valence-electron chi connectivity index (χ3n) is 7.73. The fraction of sp³-hybridized carbons (Fsp3) is 0.588. The SMILES string of the molecule is CN(C)CCCNNC(=O)c1cc(NCCCN(C)C)c(C(=O)NNCCCN(C)C)c2c(C(=O)O)cc(NCCCN(C)C)c(C(=O)O)c12. The van der Waals surface area contributed by atoms with Gasteiger partial charge in [0.15, 0.2) is 0 Å². The molecule has 0 aliphatic heterocycles. The van der Waals surface area contributed by atoms with Crippen LogP contribution in [0, 0.1) is 0 Å². The summed E-state index contributed by atoms with van der Waals surface area (Å²) in [4.78, 5) is 61.9. The van der Waals surface area contributed by atoms with Gasteiger partial charge in [-0.3, -0.25) is 20.4 Å². The zero-order valence-electron chi connectivity index (χ0n) is 31.0. The summed E-state index contributed by atoms with van der Waals surface area (Å²) in [6.45, 7) is 4.57. The lowest BCUT2D eigenvalue weighted by molar-refractivity contribution is 0.0684. The van der Waals surface area contributed by atoms with Crippen LogP contribution in [0.1, 0.15) is 67.1 Å². The predicted octanol–water partition coefficient (Wildman–Crippen LogP) is 1.34. The second kappa shape index (κ2) is 21.2. The van der Waals surface area contributed by atoms with Crippen molar-refractivity contribution in [2.24, 2.45) is 0 Å². The van der Waals surface area contributed by atoms with E-state index in [2.05, 4.69) is 32.3 Å². The number of anilines is 2. The van der Waals surface area contributed by atoms with Crippen LogP contribution in [0.2, 0.25) is 0 Å². The summed E-state index contributed by atoms with van der Waals surface area (Å²) in [5.74, 6) is -4.10. The zero-order chi connectivity index (χ0) is 37.4. The number of hydrogen-bond donors (Lipinski definition) is 8. The third kappa shape index (κ3) is 13.3. The molecule has 0 radical (unpaired) electrons. The lowest BCUT2D eigenvalue weighted by Gasteiger charge is -2.23. The molecule has 16 nitrogen and oxygen atoms in total. The number of carbonyl (C=O) groups excluding carboxylic acids is 2. The van der Waals surface area contributed by atoms with E-state index in [9.17, 15) is 29.4 Å². The van der Waals surface area contributed by atoms with Crippen molar-refractivity contribution < 1.29 is 29.4 Å². The molecule has 0 spiro atoms. The van der Waals surface area contributed by atoms with E-state index in [4.69, 9.17) is 0 Å². The molecule has 0 heterocycles. The highest BCUT2D eigenvalue weighted by Gasteiger charge is 2.31. The van der Waals surface area contributed by atoms with Crippen LogP contribution in [0.15, 0.2) is 12.1 Å². The van der Waals surface area contributed by atoms with Crippen molar-refractivity contribution in [3.05, 3.63) is 34.4 Å². The Hall–Kier alpha value is -4.06. The molecule has 0 saturated heterocycles. The number of hydrogen-bond acceptors (Lipinski definition) is 12. The quantitative estimate of drug-likeness (QED) is 0.0577. The Balaban J connectivity index is 2.86. The zero-order valence-corrected chi connectivity index (χ0v) is 31.0. The van der Waals surface area contributed by atoms with Gasteiger partial charge in [0.25, 0.3) is 11.8 Å². The molecule has 0 fully saturated rings. The Morgan fingerprint density at radius 3 is 1.32 bits per heavy atom. The first-order valence-electron chi connectivity index (χ1n) is 16.9. The maximum Gasteiger partial charge on any atom is 0.338 e. The Bertz CT molecular complexity index is 1450. The molecule has 0 saturated carbocycles. The topological polar surface area (TPSA) is 194 Å². The van der Waals surface area contributed by atoms with Gasteiger partial charge in [-0.1, -0.05) is 0 Å². The van der Waals surface area contributed by atoms with Crippen LogP contribution in [0.4, 0.5) is 11.4 Å². The van der Waals surface area contributed by atoms with E-state index in [-0.39, 0.29) is 44.4 Å². The van der Waals surface area contributed by atoms with Crippen LogP contribution < -0.4 is 32.3 Å². The average molecular weight is 703 g/mol. The van der Waals surface area contributed by atoms with Crippen molar-refractivity contribution in [3.8, 4) is 0 Å². The second-order valence-electron chi connectivity index (χ2n) is 13.3. The van der Waals surface area contributed by atoms with E-state index < -0.39 is 23.8 Å². The number of carboxylic acid groups (broad SMARTS) is 2. The van der Waals surface area contributed by atoms with Crippen molar-refractivity contribution in [1.82, 2.24) is 41.3 Å². The molecule has 50 heavy (non-hydrogen) atoms. The molecule has 2 amide bonds. The molecule has 2 rings (SSSR count). The number of rotatable bonds is 24. The van der Waals surface area contributed by atoms with Gasteiger partial charge in [0.2, 0.25) is 0 Å². The number of aromatic carboxylic acids is 2. The van der Waals surface area contributed by atoms with Crippen molar-refractivity contribution in [3.63, 3.8) is 0 Å². The smallest absolute Gasteiger partial charge is 0.338 e. The van der Waals surface area contributed by atoms with Crippen LogP contribution in [-0.2, 0) is 0 Å². The minimum atomic E-state index is -1.38. The predicted molar refractivity (Wildman–Crippen MR) is 198 cm³/mol. The van der Waals surface area contributed by atoms with Crippen LogP contribution in [-0.4, -0.2) is 162 Å². The molecule has 2 aromatic carbocycles. The van der Waals surface area contributed by atoms with E-state index in [1.807, 2.05) is 76.0 Å². The van der Waals surface area contributed by atoms with E-state index >= 15 is 0 Å². The number of nitrogens with zero attached hydrogens (tertiary/aromatic N) is 4. The standard InChI is InChI=1S/C34H58N10O6/c1-41(2)17-9-13-35-25-21-23(31(45)39-37-15-11-19-43(5)6)27-28(29(25)32(46)40-38-16-12-20-44(7)8)24(33(47)48)22-26(30(27)34(49)50)36-14-10-18-42(3)4/h21-22,35-38H,9-20H2,1-8H3,(H,39,45)(H,40,46)(H,47,48)(H,49,50). The van der Waals surface area contributed by atoms with Gasteiger partial charge in [-0.2, -0.15) is 0 Å². The molecule has 0 unspecified atom stereocenters. The fourth-order valence-corrected chi connectivity index (χ4v) is 5.34. The normalized spacial score (nSPS) is 11.5. The molecule has 0 aliphatic rings. The minimum absolute atomic E-state index is 0.0361. The number of carbonyl (C=O) groups is 4. The summed E-state index contributed by atoms with van der Waals surface area (Å²) in [5, 5.41) is 27.2. The average Bonchev–Trinajstić information content (AvgIpc) is 3.02. The van der Waals surface area contributed by atoms with Crippen molar-refractivity contribution >= 4 is 45.9 Å². The molecule has 280 valence electrons. The maximum absolute atomic E-state index is 14.0. The number of hydrazine groups is 2. The molecular formula is C34H58N10O6. The van der Waals surface area contributed by atoms with Gasteiger partial charge in [-0.25, -0.2) is 20.4 Å².